The van der Waals surface area contributed by atoms with Crippen LogP contribution in [0.2, 0.25) is 0 Å². The molecule has 10 nitrogen and oxygen atoms in total. The lowest BCUT2D eigenvalue weighted by Gasteiger charge is -2.03. The minimum Gasteiger partial charge on any atom is -0.490 e. The van der Waals surface area contributed by atoms with Gasteiger partial charge in [0.2, 0.25) is 11.8 Å². The molecule has 0 spiro atoms. The molecule has 1 aromatic carbocycles. The normalized spacial score (nSPS) is 10.4. The molecule has 0 saturated heterocycles. The summed E-state index contributed by atoms with van der Waals surface area (Å²) in [6, 6.07) is 4.22. The summed E-state index contributed by atoms with van der Waals surface area (Å²) in [5.41, 5.74) is 2.35. The topological polar surface area (TPSA) is 132 Å². The second-order valence-corrected chi connectivity index (χ2v) is 4.50. The molecule has 0 bridgehead atoms. The van der Waals surface area contributed by atoms with Crippen molar-refractivity contribution in [3.63, 3.8) is 0 Å². The van der Waals surface area contributed by atoms with Gasteiger partial charge in [-0.3, -0.25) is 19.7 Å². The Morgan fingerprint density at radius 2 is 2.08 bits per heavy atom. The van der Waals surface area contributed by atoms with Gasteiger partial charge in [0.05, 0.1) is 24.9 Å². The van der Waals surface area contributed by atoms with E-state index >= 15 is 0 Å². The van der Waals surface area contributed by atoms with Crippen molar-refractivity contribution < 1.29 is 24.0 Å². The van der Waals surface area contributed by atoms with Crippen molar-refractivity contribution in [2.75, 3.05) is 27.4 Å². The van der Waals surface area contributed by atoms with Gasteiger partial charge in [0, 0.05) is 25.3 Å². The fourth-order valence-electron chi connectivity index (χ4n) is 1.65. The predicted octanol–water partition coefficient (Wildman–Crippen LogP) is 0.206. The van der Waals surface area contributed by atoms with Crippen molar-refractivity contribution in [1.29, 1.82) is 0 Å². The number of rotatable bonds is 9. The lowest BCUT2D eigenvalue weighted by molar-refractivity contribution is -0.385. The Morgan fingerprint density at radius 1 is 1.33 bits per heavy atom. The minimum atomic E-state index is -0.607. The number of hydrogen-bond acceptors (Lipinski definition) is 7. The van der Waals surface area contributed by atoms with E-state index in [1.54, 1.807) is 6.07 Å². The van der Waals surface area contributed by atoms with Gasteiger partial charge in [-0.05, 0) is 12.1 Å². The molecule has 0 aliphatic heterocycles. The first-order valence-corrected chi connectivity index (χ1v) is 6.88. The van der Waals surface area contributed by atoms with Crippen molar-refractivity contribution >= 4 is 23.7 Å². The highest BCUT2D eigenvalue weighted by Gasteiger charge is 2.14. The average molecular weight is 338 g/mol. The third-order valence-electron chi connectivity index (χ3n) is 2.75. The zero-order chi connectivity index (χ0) is 17.9. The molecule has 0 unspecified atom stereocenters. The van der Waals surface area contributed by atoms with E-state index in [1.807, 2.05) is 0 Å². The Kier molecular flexibility index (Phi) is 7.85. The number of methoxy groups -OCH3 is 2. The highest BCUT2D eigenvalue weighted by Crippen LogP contribution is 2.26. The number of amides is 2. The van der Waals surface area contributed by atoms with Gasteiger partial charge >= 0.3 is 5.69 Å². The number of benzene rings is 1. The van der Waals surface area contributed by atoms with Crippen LogP contribution in [0.5, 0.6) is 5.75 Å². The van der Waals surface area contributed by atoms with Crippen molar-refractivity contribution in [2.45, 2.75) is 6.42 Å². The number of ether oxygens (including phenoxy) is 2. The molecule has 2 N–H and O–H groups in total. The monoisotopic (exact) mass is 338 g/mol. The van der Waals surface area contributed by atoms with Crippen LogP contribution in [0.15, 0.2) is 23.3 Å². The first-order chi connectivity index (χ1) is 11.5. The summed E-state index contributed by atoms with van der Waals surface area (Å²) >= 11 is 0. The molecule has 1 aromatic rings. The van der Waals surface area contributed by atoms with Crippen molar-refractivity contribution in [3.8, 4) is 5.75 Å². The maximum absolute atomic E-state index is 11.5. The Labute approximate surface area is 138 Å². The molecule has 0 aromatic heterocycles. The van der Waals surface area contributed by atoms with E-state index in [4.69, 9.17) is 9.47 Å². The van der Waals surface area contributed by atoms with E-state index < -0.39 is 16.7 Å². The predicted molar refractivity (Wildman–Crippen MR) is 84.9 cm³/mol. The fraction of sp³-hybridized carbons (Fsp3) is 0.357. The van der Waals surface area contributed by atoms with Crippen molar-refractivity contribution in [3.05, 3.63) is 33.9 Å². The minimum absolute atomic E-state index is 0.119. The van der Waals surface area contributed by atoms with Gasteiger partial charge in [0.15, 0.2) is 5.75 Å². The largest absolute Gasteiger partial charge is 0.490 e. The Bertz CT molecular complexity index is 632. The number of hydrogen-bond donors (Lipinski definition) is 2. The fourth-order valence-corrected chi connectivity index (χ4v) is 1.65. The molecule has 0 saturated carbocycles. The molecular formula is C14H18N4O6. The van der Waals surface area contributed by atoms with Crippen LogP contribution < -0.4 is 15.5 Å². The summed E-state index contributed by atoms with van der Waals surface area (Å²) in [5, 5.41) is 17.0. The zero-order valence-electron chi connectivity index (χ0n) is 13.3. The van der Waals surface area contributed by atoms with Crippen molar-refractivity contribution in [2.24, 2.45) is 5.10 Å². The van der Waals surface area contributed by atoms with Crippen molar-refractivity contribution in [1.82, 2.24) is 10.7 Å². The lowest BCUT2D eigenvalue weighted by atomic mass is 10.2. The van der Waals surface area contributed by atoms with E-state index in [-0.39, 0.29) is 17.9 Å². The summed E-state index contributed by atoms with van der Waals surface area (Å²) in [5.74, 6) is -0.946. The Hall–Kier alpha value is -3.01. The van der Waals surface area contributed by atoms with Gasteiger partial charge < -0.3 is 14.8 Å². The standard InChI is InChI=1S/C14H18N4O6/c1-23-6-5-15-13(19)8-14(20)17-16-9-10-3-4-12(24-2)11(7-10)18(21)22/h3-4,7,9H,5-6,8H2,1-2H3,(H,15,19)(H,17,20)/b16-9-. The van der Waals surface area contributed by atoms with Crippen LogP contribution in [0.4, 0.5) is 5.69 Å². The quantitative estimate of drug-likeness (QED) is 0.217. The van der Waals surface area contributed by atoms with E-state index in [2.05, 4.69) is 15.8 Å². The van der Waals surface area contributed by atoms with Crippen LogP contribution in [-0.2, 0) is 14.3 Å². The molecule has 0 atom stereocenters. The van der Waals surface area contributed by atoms with Crippen LogP contribution in [-0.4, -0.2) is 50.3 Å². The Morgan fingerprint density at radius 3 is 2.71 bits per heavy atom. The van der Waals surface area contributed by atoms with Gasteiger partial charge in [-0.15, -0.1) is 0 Å². The van der Waals surface area contributed by atoms with Gasteiger partial charge in [0.25, 0.3) is 0 Å². The Balaban J connectivity index is 2.55. The van der Waals surface area contributed by atoms with E-state index in [9.17, 15) is 19.7 Å². The number of carbonyl (C=O) groups is 2. The molecule has 1 rings (SSSR count). The smallest absolute Gasteiger partial charge is 0.311 e. The third kappa shape index (κ3) is 6.40. The van der Waals surface area contributed by atoms with E-state index in [0.29, 0.717) is 18.7 Å². The molecule has 0 aliphatic rings. The molecule has 0 radical (unpaired) electrons. The van der Waals surface area contributed by atoms with E-state index in [1.165, 1.54) is 32.6 Å². The maximum Gasteiger partial charge on any atom is 0.311 e. The van der Waals surface area contributed by atoms with Crippen LogP contribution >= 0.6 is 0 Å². The summed E-state index contributed by atoms with van der Waals surface area (Å²) in [4.78, 5) is 33.2. The molecule has 130 valence electrons. The van der Waals surface area contributed by atoms with Crippen LogP contribution in [0.25, 0.3) is 0 Å². The number of nitro groups is 1. The average Bonchev–Trinajstić information content (AvgIpc) is 2.54. The molecule has 24 heavy (non-hydrogen) atoms. The van der Waals surface area contributed by atoms with Gasteiger partial charge in [-0.2, -0.15) is 5.10 Å². The molecule has 0 heterocycles. The first kappa shape index (κ1) is 19.0. The SMILES string of the molecule is COCCNC(=O)CC(=O)N/N=C\c1ccc(OC)c([N+](=O)[O-])c1. The number of nitrogens with zero attached hydrogens (tertiary/aromatic N) is 2. The number of nitro benzene ring substituents is 1. The third-order valence-corrected chi connectivity index (χ3v) is 2.75. The number of nitrogens with one attached hydrogen (secondary N) is 2. The van der Waals surface area contributed by atoms with Gasteiger partial charge in [-0.25, -0.2) is 5.43 Å². The highest BCUT2D eigenvalue weighted by molar-refractivity contribution is 5.97. The molecule has 0 aliphatic carbocycles. The zero-order valence-corrected chi connectivity index (χ0v) is 13.3. The molecule has 10 heteroatoms. The summed E-state index contributed by atoms with van der Waals surface area (Å²) in [6.07, 6.45) is 0.844. The van der Waals surface area contributed by atoms with Crippen LogP contribution in [0.1, 0.15) is 12.0 Å². The summed E-state index contributed by atoms with van der Waals surface area (Å²) in [6.45, 7) is 0.656. The molecule has 2 amide bonds. The lowest BCUT2D eigenvalue weighted by Crippen LogP contribution is -2.31. The van der Waals surface area contributed by atoms with Crippen LogP contribution in [0.3, 0.4) is 0 Å². The molecular weight excluding hydrogens is 320 g/mol. The van der Waals surface area contributed by atoms with E-state index in [0.717, 1.165) is 0 Å². The second kappa shape index (κ2) is 9.90. The van der Waals surface area contributed by atoms with Gasteiger partial charge in [0.1, 0.15) is 6.42 Å². The first-order valence-electron chi connectivity index (χ1n) is 6.88. The number of carbonyl (C=O) groups excluding carboxylic acids is 2. The highest BCUT2D eigenvalue weighted by atomic mass is 16.6. The van der Waals surface area contributed by atoms with Gasteiger partial charge in [-0.1, -0.05) is 0 Å². The van der Waals surface area contributed by atoms with Crippen LogP contribution in [0, 0.1) is 10.1 Å². The maximum atomic E-state index is 11.5. The molecule has 0 fully saturated rings. The summed E-state index contributed by atoms with van der Waals surface area (Å²) in [7, 11) is 2.82. The number of hydrazone groups is 1. The summed E-state index contributed by atoms with van der Waals surface area (Å²) < 4.78 is 9.64. The second-order valence-electron chi connectivity index (χ2n) is 4.50.